The number of carbonyl (C=O) groups is 1. The summed E-state index contributed by atoms with van der Waals surface area (Å²) in [6, 6.07) is 6.72. The molecule has 0 radical (unpaired) electrons. The maximum atomic E-state index is 13.8. The predicted molar refractivity (Wildman–Crippen MR) is 101 cm³/mol. The summed E-state index contributed by atoms with van der Waals surface area (Å²) >= 11 is 0. The van der Waals surface area contributed by atoms with E-state index in [1.54, 1.807) is 19.1 Å². The van der Waals surface area contributed by atoms with Gasteiger partial charge < -0.3 is 9.88 Å². The monoisotopic (exact) mass is 400 g/mol. The first-order valence-corrected chi connectivity index (χ1v) is 8.69. The number of H-pyrrole nitrogens is 2. The van der Waals surface area contributed by atoms with Crippen molar-refractivity contribution in [2.45, 2.75) is 13.0 Å². The number of carbonyl (C=O) groups excluding carboxylic acids is 1. The van der Waals surface area contributed by atoms with Crippen LogP contribution in [0.25, 0.3) is 21.7 Å². The number of nitrogens with one attached hydrogen (secondary N) is 2. The van der Waals surface area contributed by atoms with Gasteiger partial charge >= 0.3 is 0 Å². The predicted octanol–water partition coefficient (Wildman–Crippen LogP) is 3.65. The van der Waals surface area contributed by atoms with E-state index >= 15 is 0 Å². The van der Waals surface area contributed by atoms with Crippen LogP contribution >= 0.6 is 0 Å². The van der Waals surface area contributed by atoms with Crippen molar-refractivity contribution >= 4 is 27.6 Å². The molecule has 0 unspecified atom stereocenters. The van der Waals surface area contributed by atoms with Crippen LogP contribution in [0.2, 0.25) is 0 Å². The molecule has 148 valence electrons. The van der Waals surface area contributed by atoms with E-state index in [2.05, 4.69) is 15.2 Å². The normalized spacial score (nSPS) is 12.4. The lowest BCUT2D eigenvalue weighted by molar-refractivity contribution is 0.0735. The zero-order chi connectivity index (χ0) is 20.9. The Balaban J connectivity index is 1.74. The molecule has 4 aromatic rings. The van der Waals surface area contributed by atoms with Crippen LogP contribution in [-0.2, 0) is 0 Å². The number of fused-ring (bicyclic) bond motifs is 2. The third-order valence-electron chi connectivity index (χ3n) is 4.97. The highest BCUT2D eigenvalue weighted by Crippen LogP contribution is 2.27. The molecular formula is C20H15F3N4O2. The number of aromatic nitrogens is 3. The van der Waals surface area contributed by atoms with Crippen molar-refractivity contribution < 1.29 is 18.0 Å². The maximum absolute atomic E-state index is 13.8. The van der Waals surface area contributed by atoms with Gasteiger partial charge in [0.15, 0.2) is 11.6 Å². The Morgan fingerprint density at radius 2 is 1.76 bits per heavy atom. The number of benzene rings is 2. The Morgan fingerprint density at radius 1 is 1.07 bits per heavy atom. The van der Waals surface area contributed by atoms with Crippen molar-refractivity contribution in [3.05, 3.63) is 75.6 Å². The Bertz CT molecular complexity index is 1330. The molecule has 2 heterocycles. The number of hydrogen-bond acceptors (Lipinski definition) is 3. The van der Waals surface area contributed by atoms with Gasteiger partial charge in [0.1, 0.15) is 11.5 Å². The molecule has 0 spiro atoms. The van der Waals surface area contributed by atoms with E-state index in [0.717, 1.165) is 12.1 Å². The first kappa shape index (κ1) is 18.7. The Hall–Kier alpha value is -3.62. The smallest absolute Gasteiger partial charge is 0.272 e. The molecule has 0 bridgehead atoms. The number of amides is 1. The Labute approximate surface area is 162 Å². The van der Waals surface area contributed by atoms with Crippen molar-refractivity contribution in [3.8, 4) is 0 Å². The largest absolute Gasteiger partial charge is 0.350 e. The molecule has 1 amide bonds. The summed E-state index contributed by atoms with van der Waals surface area (Å²) in [6.07, 6.45) is 0. The summed E-state index contributed by atoms with van der Waals surface area (Å²) in [5, 5.41) is 6.91. The van der Waals surface area contributed by atoms with Crippen molar-refractivity contribution in [2.24, 2.45) is 0 Å². The van der Waals surface area contributed by atoms with Gasteiger partial charge in [0.05, 0.1) is 17.1 Å². The van der Waals surface area contributed by atoms with E-state index < -0.39 is 35.0 Å². The number of nitrogens with zero attached hydrogens (tertiary/aromatic N) is 2. The van der Waals surface area contributed by atoms with Crippen LogP contribution in [0.3, 0.4) is 0 Å². The summed E-state index contributed by atoms with van der Waals surface area (Å²) in [5.41, 5.74) is 0.239. The van der Waals surface area contributed by atoms with E-state index in [1.165, 1.54) is 24.1 Å². The number of halogens is 3. The fourth-order valence-corrected chi connectivity index (χ4v) is 3.26. The fraction of sp³-hybridized carbons (Fsp3) is 0.150. The number of hydrogen-bond donors (Lipinski definition) is 2. The zero-order valence-electron chi connectivity index (χ0n) is 15.4. The molecule has 2 aromatic heterocycles. The van der Waals surface area contributed by atoms with Gasteiger partial charge in [-0.05, 0) is 43.3 Å². The van der Waals surface area contributed by atoms with E-state index in [-0.39, 0.29) is 22.2 Å². The molecule has 0 fully saturated rings. The third kappa shape index (κ3) is 3.14. The average molecular weight is 400 g/mol. The van der Waals surface area contributed by atoms with E-state index in [9.17, 15) is 22.8 Å². The van der Waals surface area contributed by atoms with Crippen molar-refractivity contribution in [1.82, 2.24) is 20.1 Å². The first-order valence-electron chi connectivity index (χ1n) is 8.69. The summed E-state index contributed by atoms with van der Waals surface area (Å²) in [5.74, 6) is -3.12. The molecule has 0 aliphatic heterocycles. The van der Waals surface area contributed by atoms with E-state index in [0.29, 0.717) is 10.9 Å². The van der Waals surface area contributed by atoms with Gasteiger partial charge in [-0.3, -0.25) is 9.59 Å². The zero-order valence-corrected chi connectivity index (χ0v) is 15.4. The SMILES string of the molecule is C[C@H](c1n[nH]c(=O)c2cc(F)c(F)cc12)N(C)C(=O)c1cc2ccc(F)cc2[nH]1. The Morgan fingerprint density at radius 3 is 2.48 bits per heavy atom. The molecule has 1 atom stereocenters. The van der Waals surface area contributed by atoms with Gasteiger partial charge in [0.25, 0.3) is 11.5 Å². The van der Waals surface area contributed by atoms with Crippen molar-refractivity contribution in [1.29, 1.82) is 0 Å². The summed E-state index contributed by atoms with van der Waals surface area (Å²) in [6.45, 7) is 1.64. The molecule has 2 N–H and O–H groups in total. The average Bonchev–Trinajstić information content (AvgIpc) is 3.11. The van der Waals surface area contributed by atoms with Crippen LogP contribution < -0.4 is 5.56 Å². The van der Waals surface area contributed by atoms with Crippen LogP contribution in [0.15, 0.2) is 41.2 Å². The highest BCUT2D eigenvalue weighted by atomic mass is 19.2. The molecule has 4 rings (SSSR count). The highest BCUT2D eigenvalue weighted by molar-refractivity contribution is 5.98. The topological polar surface area (TPSA) is 81.8 Å². The van der Waals surface area contributed by atoms with E-state index in [1.807, 2.05) is 0 Å². The van der Waals surface area contributed by atoms with Gasteiger partial charge in [0, 0.05) is 23.3 Å². The lowest BCUT2D eigenvalue weighted by Gasteiger charge is -2.24. The van der Waals surface area contributed by atoms with Crippen LogP contribution in [-0.4, -0.2) is 33.0 Å². The summed E-state index contributed by atoms with van der Waals surface area (Å²) in [4.78, 5) is 29.1. The van der Waals surface area contributed by atoms with Crippen LogP contribution in [0.4, 0.5) is 13.2 Å². The second kappa shape index (κ2) is 6.77. The molecule has 29 heavy (non-hydrogen) atoms. The lowest BCUT2D eigenvalue weighted by atomic mass is 10.1. The minimum absolute atomic E-state index is 0.0670. The molecule has 6 nitrogen and oxygen atoms in total. The van der Waals surface area contributed by atoms with Gasteiger partial charge in [-0.1, -0.05) is 0 Å². The summed E-state index contributed by atoms with van der Waals surface area (Å²) in [7, 11) is 1.51. The minimum Gasteiger partial charge on any atom is -0.350 e. The second-order valence-corrected chi connectivity index (χ2v) is 6.76. The number of aromatic amines is 2. The quantitative estimate of drug-likeness (QED) is 0.551. The molecule has 0 aliphatic rings. The van der Waals surface area contributed by atoms with Gasteiger partial charge in [-0.25, -0.2) is 18.3 Å². The number of rotatable bonds is 3. The van der Waals surface area contributed by atoms with Crippen LogP contribution in [0.5, 0.6) is 0 Å². The molecule has 9 heteroatoms. The first-order chi connectivity index (χ1) is 13.8. The van der Waals surface area contributed by atoms with Crippen molar-refractivity contribution in [3.63, 3.8) is 0 Å². The van der Waals surface area contributed by atoms with E-state index in [4.69, 9.17) is 0 Å². The van der Waals surface area contributed by atoms with Gasteiger partial charge in [-0.15, -0.1) is 0 Å². The van der Waals surface area contributed by atoms with Crippen molar-refractivity contribution in [2.75, 3.05) is 7.05 Å². The maximum Gasteiger partial charge on any atom is 0.272 e. The molecular weight excluding hydrogens is 385 g/mol. The second-order valence-electron chi connectivity index (χ2n) is 6.76. The highest BCUT2D eigenvalue weighted by Gasteiger charge is 2.24. The van der Waals surface area contributed by atoms with Gasteiger partial charge in [0.2, 0.25) is 0 Å². The third-order valence-corrected chi connectivity index (χ3v) is 4.97. The van der Waals surface area contributed by atoms with Crippen LogP contribution in [0, 0.1) is 17.5 Å². The standard InChI is InChI=1S/C20H15F3N4O2/c1-9(18-12-7-14(22)15(23)8-13(12)19(28)26-25-18)27(2)20(29)17-5-10-3-4-11(21)6-16(10)24-17/h3-9,24H,1-2H3,(H,26,28)/t9-/m1/s1. The van der Waals surface area contributed by atoms with Crippen LogP contribution in [0.1, 0.15) is 29.1 Å². The molecule has 0 aliphatic carbocycles. The lowest BCUT2D eigenvalue weighted by Crippen LogP contribution is -2.31. The Kier molecular flexibility index (Phi) is 4.37. The minimum atomic E-state index is -1.15. The fourth-order valence-electron chi connectivity index (χ4n) is 3.26. The summed E-state index contributed by atoms with van der Waals surface area (Å²) < 4.78 is 40.7. The molecule has 0 saturated carbocycles. The molecule has 2 aromatic carbocycles. The van der Waals surface area contributed by atoms with Gasteiger partial charge in [-0.2, -0.15) is 5.10 Å². The molecule has 0 saturated heterocycles.